The first-order valence-corrected chi connectivity index (χ1v) is 10.3. The van der Waals surface area contributed by atoms with Crippen molar-refractivity contribution in [1.29, 1.82) is 0 Å². The number of hydrogen-bond acceptors (Lipinski definition) is 6. The van der Waals surface area contributed by atoms with Gasteiger partial charge in [0, 0.05) is 0 Å². The zero-order valence-electron chi connectivity index (χ0n) is 14.0. The Bertz CT molecular complexity index is 834. The summed E-state index contributed by atoms with van der Waals surface area (Å²) in [5.41, 5.74) is 0.582. The number of halogens is 1. The van der Waals surface area contributed by atoms with Crippen molar-refractivity contribution in [2.75, 3.05) is 6.61 Å². The molecule has 2 aromatic rings. The van der Waals surface area contributed by atoms with E-state index in [1.807, 2.05) is 20.8 Å². The molecule has 1 heterocycles. The fourth-order valence-electron chi connectivity index (χ4n) is 1.91. The number of thiophene rings is 1. The number of hydrazone groups is 1. The van der Waals surface area contributed by atoms with E-state index in [9.17, 15) is 8.42 Å². The molecule has 0 saturated heterocycles. The predicted octanol–water partition coefficient (Wildman–Crippen LogP) is 3.90. The largest absolute Gasteiger partial charge is 0.490 e. The lowest BCUT2D eigenvalue weighted by Crippen LogP contribution is -2.17. The molecule has 0 spiro atoms. The van der Waals surface area contributed by atoms with E-state index in [2.05, 4.69) is 9.93 Å². The Labute approximate surface area is 156 Å². The third-order valence-corrected chi connectivity index (χ3v) is 5.73. The molecule has 1 N–H and O–H groups in total. The van der Waals surface area contributed by atoms with Gasteiger partial charge in [0.15, 0.2) is 11.5 Å². The van der Waals surface area contributed by atoms with Gasteiger partial charge in [0.1, 0.15) is 4.21 Å². The molecule has 6 nitrogen and oxygen atoms in total. The number of ether oxygens (including phenoxy) is 2. The summed E-state index contributed by atoms with van der Waals surface area (Å²) in [5.74, 6) is 0.932. The highest BCUT2D eigenvalue weighted by Gasteiger charge is 2.15. The van der Waals surface area contributed by atoms with Crippen molar-refractivity contribution < 1.29 is 17.9 Å². The topological polar surface area (TPSA) is 77.0 Å². The van der Waals surface area contributed by atoms with Crippen molar-refractivity contribution in [3.8, 4) is 11.5 Å². The highest BCUT2D eigenvalue weighted by molar-refractivity contribution is 7.91. The van der Waals surface area contributed by atoms with Crippen LogP contribution in [0, 0.1) is 0 Å². The van der Waals surface area contributed by atoms with E-state index in [1.165, 1.54) is 12.3 Å². The Balaban J connectivity index is 2.22. The minimum absolute atomic E-state index is 0.0613. The monoisotopic (exact) mass is 402 g/mol. The molecule has 0 aliphatic heterocycles. The SMILES string of the molecule is CCOc1cc(/C=N/NS(=O)(=O)c2cccs2)cc(Cl)c1OC(C)C. The van der Waals surface area contributed by atoms with Gasteiger partial charge in [-0.3, -0.25) is 0 Å². The van der Waals surface area contributed by atoms with Crippen LogP contribution in [0.2, 0.25) is 5.02 Å². The van der Waals surface area contributed by atoms with Crippen molar-refractivity contribution in [3.63, 3.8) is 0 Å². The van der Waals surface area contributed by atoms with Gasteiger partial charge in [-0.25, -0.2) is 0 Å². The average Bonchev–Trinajstić information content (AvgIpc) is 3.06. The number of nitrogens with zero attached hydrogens (tertiary/aromatic N) is 1. The van der Waals surface area contributed by atoms with E-state index >= 15 is 0 Å². The van der Waals surface area contributed by atoms with Gasteiger partial charge >= 0.3 is 0 Å². The minimum atomic E-state index is -3.66. The number of sulfonamides is 1. The molecule has 2 rings (SSSR count). The summed E-state index contributed by atoms with van der Waals surface area (Å²) < 4.78 is 35.5. The Morgan fingerprint density at radius 1 is 1.40 bits per heavy atom. The van der Waals surface area contributed by atoms with Crippen LogP contribution in [0.4, 0.5) is 0 Å². The molecule has 0 bridgehead atoms. The van der Waals surface area contributed by atoms with Gasteiger partial charge in [-0.05, 0) is 49.9 Å². The Hall–Kier alpha value is -1.77. The lowest BCUT2D eigenvalue weighted by atomic mass is 10.2. The fourth-order valence-corrected chi connectivity index (χ4v) is 3.94. The van der Waals surface area contributed by atoms with Crippen LogP contribution >= 0.6 is 22.9 Å². The van der Waals surface area contributed by atoms with Crippen molar-refractivity contribution >= 4 is 39.2 Å². The molecule has 1 aromatic heterocycles. The maximum absolute atomic E-state index is 12.0. The third kappa shape index (κ3) is 5.35. The molecule has 136 valence electrons. The van der Waals surface area contributed by atoms with Crippen LogP contribution in [-0.4, -0.2) is 27.3 Å². The lowest BCUT2D eigenvalue weighted by Gasteiger charge is -2.16. The van der Waals surface area contributed by atoms with E-state index in [0.717, 1.165) is 11.3 Å². The van der Waals surface area contributed by atoms with E-state index in [1.54, 1.807) is 23.6 Å². The summed E-state index contributed by atoms with van der Waals surface area (Å²) >= 11 is 7.37. The van der Waals surface area contributed by atoms with E-state index in [4.69, 9.17) is 21.1 Å². The van der Waals surface area contributed by atoms with Crippen molar-refractivity contribution in [3.05, 3.63) is 40.2 Å². The summed E-state index contributed by atoms with van der Waals surface area (Å²) in [6.07, 6.45) is 1.30. The van der Waals surface area contributed by atoms with E-state index in [0.29, 0.717) is 28.7 Å². The van der Waals surface area contributed by atoms with Gasteiger partial charge in [0.25, 0.3) is 10.0 Å². The quantitative estimate of drug-likeness (QED) is 0.536. The van der Waals surface area contributed by atoms with Crippen LogP contribution in [0.15, 0.2) is 39.0 Å². The van der Waals surface area contributed by atoms with Gasteiger partial charge in [0.2, 0.25) is 0 Å². The molecule has 1 aromatic carbocycles. The smallest absolute Gasteiger partial charge is 0.286 e. The minimum Gasteiger partial charge on any atom is -0.490 e. The average molecular weight is 403 g/mol. The number of rotatable bonds is 8. The first-order valence-electron chi connectivity index (χ1n) is 7.55. The zero-order chi connectivity index (χ0) is 18.4. The molecule has 0 radical (unpaired) electrons. The highest BCUT2D eigenvalue weighted by atomic mass is 35.5. The van der Waals surface area contributed by atoms with Crippen molar-refractivity contribution in [2.24, 2.45) is 5.10 Å². The van der Waals surface area contributed by atoms with Gasteiger partial charge < -0.3 is 9.47 Å². The normalized spacial score (nSPS) is 11.9. The predicted molar refractivity (Wildman–Crippen MR) is 101 cm³/mol. The van der Waals surface area contributed by atoms with Gasteiger partial charge in [0.05, 0.1) is 23.9 Å². The van der Waals surface area contributed by atoms with Crippen molar-refractivity contribution in [1.82, 2.24) is 4.83 Å². The van der Waals surface area contributed by atoms with Crippen LogP contribution in [0.3, 0.4) is 0 Å². The molecule has 0 aliphatic rings. The van der Waals surface area contributed by atoms with Gasteiger partial charge in [-0.15, -0.1) is 11.3 Å². The molecular weight excluding hydrogens is 384 g/mol. The highest BCUT2D eigenvalue weighted by Crippen LogP contribution is 2.37. The zero-order valence-corrected chi connectivity index (χ0v) is 16.4. The number of benzene rings is 1. The molecule has 0 saturated carbocycles. The maximum Gasteiger partial charge on any atom is 0.286 e. The number of nitrogens with one attached hydrogen (secondary N) is 1. The van der Waals surface area contributed by atoms with Crippen LogP contribution in [-0.2, 0) is 10.0 Å². The Morgan fingerprint density at radius 2 is 2.16 bits per heavy atom. The summed E-state index contributed by atoms with van der Waals surface area (Å²) in [6.45, 7) is 6.07. The van der Waals surface area contributed by atoms with Gasteiger partial charge in [-0.2, -0.15) is 18.4 Å². The third-order valence-electron chi connectivity index (χ3n) is 2.83. The van der Waals surface area contributed by atoms with Crippen LogP contribution in [0.25, 0.3) is 0 Å². The maximum atomic E-state index is 12.0. The fraction of sp³-hybridized carbons (Fsp3) is 0.312. The molecule has 0 atom stereocenters. The molecule has 0 fully saturated rings. The molecule has 0 aliphatic carbocycles. The van der Waals surface area contributed by atoms with Crippen molar-refractivity contribution in [2.45, 2.75) is 31.1 Å². The van der Waals surface area contributed by atoms with E-state index < -0.39 is 10.0 Å². The summed E-state index contributed by atoms with van der Waals surface area (Å²) in [5, 5.41) is 5.83. The second kappa shape index (κ2) is 8.55. The molecular formula is C16H19ClN2O4S2. The van der Waals surface area contributed by atoms with Crippen LogP contribution < -0.4 is 14.3 Å². The Morgan fingerprint density at radius 3 is 2.76 bits per heavy atom. The second-order valence-corrected chi connectivity index (χ2v) is 8.46. The Kier molecular flexibility index (Phi) is 6.69. The summed E-state index contributed by atoms with van der Waals surface area (Å²) in [4.78, 5) is 2.16. The molecule has 25 heavy (non-hydrogen) atoms. The van der Waals surface area contributed by atoms with Crippen LogP contribution in [0.5, 0.6) is 11.5 Å². The summed E-state index contributed by atoms with van der Waals surface area (Å²) in [7, 11) is -3.66. The molecule has 9 heteroatoms. The number of hydrogen-bond donors (Lipinski definition) is 1. The lowest BCUT2D eigenvalue weighted by molar-refractivity contribution is 0.224. The standard InChI is InChI=1S/C16H19ClN2O4S2/c1-4-22-14-9-12(8-13(17)16(14)23-11(2)3)10-18-19-25(20,21)15-6-5-7-24-15/h5-11,19H,4H2,1-3H3/b18-10+. The van der Waals surface area contributed by atoms with Crippen LogP contribution in [0.1, 0.15) is 26.3 Å². The summed E-state index contributed by atoms with van der Waals surface area (Å²) in [6, 6.07) is 6.48. The first-order chi connectivity index (χ1) is 11.8. The second-order valence-electron chi connectivity index (χ2n) is 5.21. The molecule has 0 amide bonds. The first kappa shape index (κ1) is 19.6. The molecule has 0 unspecified atom stereocenters. The van der Waals surface area contributed by atoms with Gasteiger partial charge in [-0.1, -0.05) is 17.7 Å². The van der Waals surface area contributed by atoms with E-state index in [-0.39, 0.29) is 10.3 Å².